The number of carbonyl (C=O) groups is 1. The van der Waals surface area contributed by atoms with Crippen molar-refractivity contribution in [2.24, 2.45) is 0 Å². The molecule has 3 heterocycles. The first-order valence-electron chi connectivity index (χ1n) is 8.41. The highest BCUT2D eigenvalue weighted by atomic mass is 35.6. The molecule has 0 aliphatic rings. The average molecular weight is 494 g/mol. The minimum atomic E-state index is -2.05. The molecule has 5 N–H and O–H groups in total. The molecule has 166 valence electrons. The van der Waals surface area contributed by atoms with Crippen LogP contribution in [0, 0.1) is 17.0 Å². The SMILES string of the molecule is Cc1ncc([N+](=O)[O-])n1CCOC(=O)NC(n1cnc2c(N)nc(N)nc21)C(Cl)(Cl)Cl. The number of alkyl halides is 3. The van der Waals surface area contributed by atoms with Crippen molar-refractivity contribution < 1.29 is 14.5 Å². The van der Waals surface area contributed by atoms with Gasteiger partial charge >= 0.3 is 11.9 Å². The van der Waals surface area contributed by atoms with Crippen molar-refractivity contribution in [2.45, 2.75) is 23.4 Å². The van der Waals surface area contributed by atoms with Gasteiger partial charge in [-0.25, -0.2) is 19.3 Å². The van der Waals surface area contributed by atoms with Gasteiger partial charge in [-0.05, 0) is 4.92 Å². The molecular formula is C14H15Cl3N10O4. The maximum absolute atomic E-state index is 12.3. The molecule has 3 aromatic rings. The van der Waals surface area contributed by atoms with Gasteiger partial charge in [-0.1, -0.05) is 34.8 Å². The minimum Gasteiger partial charge on any atom is -0.445 e. The van der Waals surface area contributed by atoms with E-state index in [2.05, 4.69) is 25.3 Å². The summed E-state index contributed by atoms with van der Waals surface area (Å²) in [6.45, 7) is 1.35. The van der Waals surface area contributed by atoms with E-state index in [1.165, 1.54) is 15.5 Å². The molecule has 31 heavy (non-hydrogen) atoms. The summed E-state index contributed by atoms with van der Waals surface area (Å²) in [6, 6.07) is 0. The summed E-state index contributed by atoms with van der Waals surface area (Å²) in [5, 5.41) is 13.4. The van der Waals surface area contributed by atoms with E-state index in [0.717, 1.165) is 6.20 Å². The highest BCUT2D eigenvalue weighted by Gasteiger charge is 2.37. The quantitative estimate of drug-likeness (QED) is 0.258. The average Bonchev–Trinajstić information content (AvgIpc) is 3.23. The molecule has 17 heteroatoms. The van der Waals surface area contributed by atoms with Crippen LogP contribution in [0.5, 0.6) is 0 Å². The first kappa shape index (κ1) is 22.6. The number of aryl methyl sites for hydroxylation is 1. The van der Waals surface area contributed by atoms with Gasteiger partial charge in [0.05, 0.1) is 6.33 Å². The van der Waals surface area contributed by atoms with E-state index in [9.17, 15) is 14.9 Å². The number of nitro groups is 1. The van der Waals surface area contributed by atoms with Crippen molar-refractivity contribution >= 4 is 69.6 Å². The zero-order valence-corrected chi connectivity index (χ0v) is 18.0. The lowest BCUT2D eigenvalue weighted by Crippen LogP contribution is -2.40. The molecule has 0 aliphatic carbocycles. The van der Waals surface area contributed by atoms with Gasteiger partial charge in [0.15, 0.2) is 23.5 Å². The summed E-state index contributed by atoms with van der Waals surface area (Å²) in [7, 11) is 0. The number of imidazole rings is 2. The number of aromatic nitrogens is 6. The van der Waals surface area contributed by atoms with Crippen LogP contribution in [-0.2, 0) is 11.3 Å². The van der Waals surface area contributed by atoms with E-state index < -0.39 is 21.0 Å². The Morgan fingerprint density at radius 1 is 1.35 bits per heavy atom. The first-order valence-corrected chi connectivity index (χ1v) is 9.54. The summed E-state index contributed by atoms with van der Waals surface area (Å²) in [5.74, 6) is 0.00826. The van der Waals surface area contributed by atoms with E-state index >= 15 is 0 Å². The van der Waals surface area contributed by atoms with E-state index in [1.807, 2.05) is 0 Å². The van der Waals surface area contributed by atoms with Crippen LogP contribution in [-0.4, -0.2) is 50.5 Å². The van der Waals surface area contributed by atoms with Crippen LogP contribution >= 0.6 is 34.8 Å². The zero-order valence-electron chi connectivity index (χ0n) is 15.7. The highest BCUT2D eigenvalue weighted by Crippen LogP contribution is 2.38. The molecule has 14 nitrogen and oxygen atoms in total. The second-order valence-electron chi connectivity index (χ2n) is 6.09. The molecule has 1 atom stereocenters. The summed E-state index contributed by atoms with van der Waals surface area (Å²) in [6.07, 6.45) is 0.0688. The van der Waals surface area contributed by atoms with Gasteiger partial charge in [-0.3, -0.25) is 9.88 Å². The number of nitrogens with one attached hydrogen (secondary N) is 1. The number of fused-ring (bicyclic) bond motifs is 1. The maximum atomic E-state index is 12.3. The Morgan fingerprint density at radius 2 is 2.06 bits per heavy atom. The third-order valence-corrected chi connectivity index (χ3v) is 4.70. The van der Waals surface area contributed by atoms with Crippen LogP contribution < -0.4 is 16.8 Å². The van der Waals surface area contributed by atoms with E-state index in [4.69, 9.17) is 51.0 Å². The van der Waals surface area contributed by atoms with Crippen molar-refractivity contribution in [3.8, 4) is 0 Å². The van der Waals surface area contributed by atoms with Crippen LogP contribution in [0.1, 0.15) is 12.0 Å². The Hall–Kier alpha value is -3.10. The predicted octanol–water partition coefficient (Wildman–Crippen LogP) is 1.70. The first-order chi connectivity index (χ1) is 14.5. The Bertz CT molecular complexity index is 1140. The monoisotopic (exact) mass is 492 g/mol. The highest BCUT2D eigenvalue weighted by molar-refractivity contribution is 6.68. The van der Waals surface area contributed by atoms with Crippen molar-refractivity contribution in [1.82, 2.24) is 34.4 Å². The molecule has 0 radical (unpaired) electrons. The number of carbonyl (C=O) groups excluding carboxylic acids is 1. The fourth-order valence-corrected chi connectivity index (χ4v) is 3.19. The van der Waals surface area contributed by atoms with Gasteiger partial charge in [0.2, 0.25) is 9.74 Å². The molecular weight excluding hydrogens is 479 g/mol. The van der Waals surface area contributed by atoms with Gasteiger partial charge in [0.25, 0.3) is 0 Å². The topological polar surface area (TPSA) is 195 Å². The van der Waals surface area contributed by atoms with Gasteiger partial charge in [-0.15, -0.1) is 0 Å². The summed E-state index contributed by atoms with van der Waals surface area (Å²) < 4.78 is 5.54. The molecule has 0 fully saturated rings. The molecule has 1 amide bonds. The molecule has 0 saturated carbocycles. The molecule has 0 aromatic carbocycles. The zero-order chi connectivity index (χ0) is 22.9. The number of nitrogens with zero attached hydrogens (tertiary/aromatic N) is 7. The second-order valence-corrected chi connectivity index (χ2v) is 8.46. The van der Waals surface area contributed by atoms with Crippen molar-refractivity contribution in [3.05, 3.63) is 28.5 Å². The third kappa shape index (κ3) is 4.81. The largest absolute Gasteiger partial charge is 0.445 e. The maximum Gasteiger partial charge on any atom is 0.409 e. The number of amides is 1. The molecule has 0 aliphatic heterocycles. The molecule has 3 rings (SSSR count). The molecule has 1 unspecified atom stereocenters. The Morgan fingerprint density at radius 3 is 2.71 bits per heavy atom. The predicted molar refractivity (Wildman–Crippen MR) is 112 cm³/mol. The summed E-state index contributed by atoms with van der Waals surface area (Å²) >= 11 is 18.1. The van der Waals surface area contributed by atoms with Crippen LogP contribution in [0.3, 0.4) is 0 Å². The smallest absolute Gasteiger partial charge is 0.409 e. The van der Waals surface area contributed by atoms with Gasteiger partial charge < -0.3 is 26.3 Å². The number of nitrogen functional groups attached to an aromatic ring is 2. The number of ether oxygens (including phenoxy) is 1. The van der Waals surface area contributed by atoms with Crippen LogP contribution in [0.15, 0.2) is 12.5 Å². The second kappa shape index (κ2) is 8.56. The van der Waals surface area contributed by atoms with Gasteiger partial charge in [0, 0.05) is 6.92 Å². The Kier molecular flexibility index (Phi) is 6.24. The van der Waals surface area contributed by atoms with Crippen LogP contribution in [0.4, 0.5) is 22.4 Å². The molecule has 0 saturated heterocycles. The number of rotatable bonds is 6. The lowest BCUT2D eigenvalue weighted by Gasteiger charge is -2.26. The minimum absolute atomic E-state index is 0.00388. The molecule has 0 spiro atoms. The Balaban J connectivity index is 1.75. The van der Waals surface area contributed by atoms with Crippen LogP contribution in [0.2, 0.25) is 0 Å². The number of hydrogen-bond acceptors (Lipinski definition) is 10. The lowest BCUT2D eigenvalue weighted by molar-refractivity contribution is -0.392. The van der Waals surface area contributed by atoms with Gasteiger partial charge in [-0.2, -0.15) is 9.97 Å². The van der Waals surface area contributed by atoms with E-state index in [1.54, 1.807) is 6.92 Å². The Labute approximate surface area is 188 Å². The summed E-state index contributed by atoms with van der Waals surface area (Å²) in [4.78, 5) is 38.5. The number of nitrogens with two attached hydrogens (primary N) is 2. The molecule has 0 bridgehead atoms. The van der Waals surface area contributed by atoms with E-state index in [0.29, 0.717) is 5.82 Å². The number of halogens is 3. The lowest BCUT2D eigenvalue weighted by atomic mass is 10.4. The standard InChI is InChI=1S/C14H15Cl3N10O4/c1-6-20-4-7(27(29)30)25(6)2-3-31-13(28)24-11(14(15,16)17)26-5-21-8-9(18)22-12(19)23-10(8)26/h4-5,11H,2-3H2,1H3,(H,24,28)(H4,18,19,22,23). The third-order valence-electron chi connectivity index (χ3n) is 4.08. The normalized spacial score (nSPS) is 12.6. The molecule has 3 aromatic heterocycles. The fraction of sp³-hybridized carbons (Fsp3) is 0.357. The summed E-state index contributed by atoms with van der Waals surface area (Å²) in [5.41, 5.74) is 11.7. The number of anilines is 2. The number of alkyl carbamates (subject to hydrolysis) is 1. The van der Waals surface area contributed by atoms with Crippen molar-refractivity contribution in [1.29, 1.82) is 0 Å². The van der Waals surface area contributed by atoms with Crippen molar-refractivity contribution in [2.75, 3.05) is 18.1 Å². The van der Waals surface area contributed by atoms with Crippen molar-refractivity contribution in [3.63, 3.8) is 0 Å². The van der Waals surface area contributed by atoms with Crippen LogP contribution in [0.25, 0.3) is 11.2 Å². The number of hydrogen-bond donors (Lipinski definition) is 3. The van der Waals surface area contributed by atoms with Gasteiger partial charge in [0.1, 0.15) is 24.9 Å². The fourth-order valence-electron chi connectivity index (χ4n) is 2.72. The van der Waals surface area contributed by atoms with E-state index in [-0.39, 0.29) is 41.9 Å².